The van der Waals surface area contributed by atoms with Crippen LogP contribution >= 0.6 is 46.9 Å². The fourth-order valence-electron chi connectivity index (χ4n) is 3.13. The molecule has 1 aliphatic rings. The van der Waals surface area contributed by atoms with E-state index in [-0.39, 0.29) is 29.4 Å². The third-order valence-electron chi connectivity index (χ3n) is 4.74. The molecule has 1 aliphatic heterocycles. The lowest BCUT2D eigenvalue weighted by molar-refractivity contribution is 0.570. The van der Waals surface area contributed by atoms with Crippen LogP contribution in [0.3, 0.4) is 0 Å². The minimum atomic E-state index is 0. The zero-order valence-corrected chi connectivity index (χ0v) is 21.3. The maximum atomic E-state index is 6.28. The summed E-state index contributed by atoms with van der Waals surface area (Å²) in [5.74, 6) is 1.68. The van der Waals surface area contributed by atoms with E-state index in [9.17, 15) is 0 Å². The molecule has 0 amide bonds. The van der Waals surface area contributed by atoms with Gasteiger partial charge in [0, 0.05) is 56.1 Å². The maximum absolute atomic E-state index is 6.28. The molecule has 3 heterocycles. The molecule has 6 nitrogen and oxygen atoms in total. The second-order valence-corrected chi connectivity index (χ2v) is 9.36. The van der Waals surface area contributed by atoms with Gasteiger partial charge in [-0.2, -0.15) is 0 Å². The van der Waals surface area contributed by atoms with Crippen LogP contribution in [0.15, 0.2) is 28.7 Å². The summed E-state index contributed by atoms with van der Waals surface area (Å²) in [6.45, 7) is 9.18. The van der Waals surface area contributed by atoms with Gasteiger partial charge in [-0.15, -0.1) is 35.3 Å². The topological polar surface area (TPSA) is 65.4 Å². The molecule has 0 bridgehead atoms. The van der Waals surface area contributed by atoms with Crippen molar-refractivity contribution in [3.8, 4) is 0 Å². The molecule has 1 fully saturated rings. The second-order valence-electron chi connectivity index (χ2n) is 8.01. The Labute approximate surface area is 199 Å². The summed E-state index contributed by atoms with van der Waals surface area (Å²) in [5, 5.41) is 10.9. The van der Waals surface area contributed by atoms with Gasteiger partial charge >= 0.3 is 0 Å². The average molecular weight is 549 g/mol. The van der Waals surface area contributed by atoms with Crippen molar-refractivity contribution in [2.45, 2.75) is 45.1 Å². The molecule has 160 valence electrons. The van der Waals surface area contributed by atoms with Crippen LogP contribution in [0.1, 0.15) is 37.9 Å². The Bertz CT molecular complexity index is 819. The van der Waals surface area contributed by atoms with Crippen molar-refractivity contribution < 1.29 is 0 Å². The molecule has 0 radical (unpaired) electrons. The number of guanidine groups is 1. The third-order valence-corrected chi connectivity index (χ3v) is 5.95. The summed E-state index contributed by atoms with van der Waals surface area (Å²) >= 11 is 8.01. The molecule has 9 heteroatoms. The highest BCUT2D eigenvalue weighted by molar-refractivity contribution is 14.0. The number of hydrogen-bond donors (Lipinski definition) is 2. The molecule has 2 N–H and O–H groups in total. The van der Waals surface area contributed by atoms with E-state index in [1.165, 1.54) is 0 Å². The van der Waals surface area contributed by atoms with Crippen LogP contribution in [0.4, 0.5) is 5.82 Å². The van der Waals surface area contributed by atoms with Gasteiger partial charge in [0.25, 0.3) is 0 Å². The molecule has 0 aromatic carbocycles. The Morgan fingerprint density at radius 3 is 2.86 bits per heavy atom. The van der Waals surface area contributed by atoms with Crippen molar-refractivity contribution in [2.75, 3.05) is 31.6 Å². The molecular formula is C20H30ClIN6S. The standard InChI is InChI=1S/C20H29ClN6S.HI/c1-20(2,3)16-13-28-17(26-16)7-10-24-19(22-4)25-14-8-11-27(12-14)18-15(21)6-5-9-23-18;/h5-6,9,13-14H,7-8,10-12H2,1-4H3,(H2,22,24,25);1H. The minimum Gasteiger partial charge on any atom is -0.356 e. The molecule has 1 unspecified atom stereocenters. The van der Waals surface area contributed by atoms with E-state index in [4.69, 9.17) is 16.6 Å². The predicted molar refractivity (Wildman–Crippen MR) is 134 cm³/mol. The van der Waals surface area contributed by atoms with Crippen LogP contribution in [0.25, 0.3) is 0 Å². The van der Waals surface area contributed by atoms with Crippen molar-refractivity contribution in [1.29, 1.82) is 0 Å². The first kappa shape index (κ1) is 24.1. The van der Waals surface area contributed by atoms with E-state index in [1.54, 1.807) is 24.6 Å². The van der Waals surface area contributed by atoms with Gasteiger partial charge in [-0.25, -0.2) is 9.97 Å². The highest BCUT2D eigenvalue weighted by atomic mass is 127. The number of rotatable bonds is 5. The van der Waals surface area contributed by atoms with Gasteiger partial charge in [0.05, 0.1) is 15.7 Å². The van der Waals surface area contributed by atoms with Crippen molar-refractivity contribution in [1.82, 2.24) is 20.6 Å². The lowest BCUT2D eigenvalue weighted by Crippen LogP contribution is -2.45. The first-order valence-electron chi connectivity index (χ1n) is 9.64. The van der Waals surface area contributed by atoms with E-state index >= 15 is 0 Å². The largest absolute Gasteiger partial charge is 0.356 e. The number of nitrogens with zero attached hydrogens (tertiary/aromatic N) is 4. The number of nitrogens with one attached hydrogen (secondary N) is 2. The van der Waals surface area contributed by atoms with Gasteiger partial charge in [-0.1, -0.05) is 32.4 Å². The lowest BCUT2D eigenvalue weighted by atomic mass is 9.93. The smallest absolute Gasteiger partial charge is 0.191 e. The summed E-state index contributed by atoms with van der Waals surface area (Å²) in [4.78, 5) is 15.7. The molecule has 1 saturated heterocycles. The van der Waals surface area contributed by atoms with Gasteiger partial charge in [0.2, 0.25) is 0 Å². The number of hydrogen-bond acceptors (Lipinski definition) is 5. The molecule has 0 aliphatic carbocycles. The van der Waals surface area contributed by atoms with Gasteiger partial charge in [-0.3, -0.25) is 4.99 Å². The van der Waals surface area contributed by atoms with E-state index in [0.29, 0.717) is 11.1 Å². The Hall–Kier alpha value is -1.13. The van der Waals surface area contributed by atoms with Crippen LogP contribution < -0.4 is 15.5 Å². The molecule has 0 saturated carbocycles. The summed E-state index contributed by atoms with van der Waals surface area (Å²) in [6.07, 6.45) is 3.70. The lowest BCUT2D eigenvalue weighted by Gasteiger charge is -2.20. The first-order valence-corrected chi connectivity index (χ1v) is 10.9. The summed E-state index contributed by atoms with van der Waals surface area (Å²) in [6, 6.07) is 4.06. The number of pyridine rings is 1. The number of anilines is 1. The summed E-state index contributed by atoms with van der Waals surface area (Å²) in [5.41, 5.74) is 1.26. The molecule has 3 rings (SSSR count). The third kappa shape index (κ3) is 6.68. The predicted octanol–water partition coefficient (Wildman–Crippen LogP) is 4.09. The molecule has 2 aromatic rings. The summed E-state index contributed by atoms with van der Waals surface area (Å²) < 4.78 is 0. The van der Waals surface area contributed by atoms with Crippen molar-refractivity contribution in [3.05, 3.63) is 39.4 Å². The average Bonchev–Trinajstić information content (AvgIpc) is 3.30. The summed E-state index contributed by atoms with van der Waals surface area (Å²) in [7, 11) is 1.80. The Morgan fingerprint density at radius 1 is 1.41 bits per heavy atom. The normalized spacial score (nSPS) is 17.2. The van der Waals surface area contributed by atoms with Crippen LogP contribution in [-0.2, 0) is 11.8 Å². The van der Waals surface area contributed by atoms with E-state index in [1.807, 2.05) is 12.1 Å². The minimum absolute atomic E-state index is 0. The van der Waals surface area contributed by atoms with Crippen molar-refractivity contribution in [3.63, 3.8) is 0 Å². The Morgan fingerprint density at radius 2 is 2.21 bits per heavy atom. The van der Waals surface area contributed by atoms with Crippen LogP contribution in [-0.4, -0.2) is 48.7 Å². The van der Waals surface area contributed by atoms with Crippen molar-refractivity contribution >= 4 is 58.7 Å². The Kier molecular flexibility index (Phi) is 8.96. The highest BCUT2D eigenvalue weighted by Crippen LogP contribution is 2.26. The van der Waals surface area contributed by atoms with Gasteiger partial charge in [-0.05, 0) is 18.6 Å². The fraction of sp³-hybridized carbons (Fsp3) is 0.550. The molecular weight excluding hydrogens is 519 g/mol. The molecule has 29 heavy (non-hydrogen) atoms. The molecule has 2 aromatic heterocycles. The van der Waals surface area contributed by atoms with E-state index in [0.717, 1.165) is 55.0 Å². The fourth-order valence-corrected chi connectivity index (χ4v) is 4.39. The van der Waals surface area contributed by atoms with E-state index < -0.39 is 0 Å². The van der Waals surface area contributed by atoms with Crippen LogP contribution in [0, 0.1) is 0 Å². The van der Waals surface area contributed by atoms with Gasteiger partial charge in [0.15, 0.2) is 5.96 Å². The zero-order valence-electron chi connectivity index (χ0n) is 17.4. The number of aliphatic imine (C=N–C) groups is 1. The SMILES string of the molecule is CN=C(NCCc1nc(C(C)(C)C)cs1)NC1CCN(c2ncccc2Cl)C1.I. The van der Waals surface area contributed by atoms with Crippen LogP contribution in [0.5, 0.6) is 0 Å². The van der Waals surface area contributed by atoms with Crippen LogP contribution in [0.2, 0.25) is 5.02 Å². The maximum Gasteiger partial charge on any atom is 0.191 e. The molecule has 0 spiro atoms. The van der Waals surface area contributed by atoms with E-state index in [2.05, 4.69) is 51.7 Å². The highest BCUT2D eigenvalue weighted by Gasteiger charge is 2.25. The quantitative estimate of drug-likeness (QED) is 0.335. The Balaban J connectivity index is 0.00000300. The first-order chi connectivity index (χ1) is 13.4. The molecule has 1 atom stereocenters. The second kappa shape index (κ2) is 10.8. The van der Waals surface area contributed by atoms with Crippen molar-refractivity contribution in [2.24, 2.45) is 4.99 Å². The zero-order chi connectivity index (χ0) is 20.1. The number of thiazole rings is 1. The number of halogens is 2. The van der Waals surface area contributed by atoms with Gasteiger partial charge in [0.1, 0.15) is 5.82 Å². The monoisotopic (exact) mass is 548 g/mol. The number of aromatic nitrogens is 2. The van der Waals surface area contributed by atoms with Gasteiger partial charge < -0.3 is 15.5 Å².